The Labute approximate surface area is 122 Å². The molecule has 7 heteroatoms. The molecule has 0 spiro atoms. The zero-order chi connectivity index (χ0) is 14.7. The van der Waals surface area contributed by atoms with Gasteiger partial charge < -0.3 is 10.3 Å². The van der Waals surface area contributed by atoms with Crippen molar-refractivity contribution in [3.05, 3.63) is 28.3 Å². The number of amides is 1. The van der Waals surface area contributed by atoms with Gasteiger partial charge in [0.1, 0.15) is 10.7 Å². The molecule has 0 aromatic carbocycles. The Morgan fingerprint density at radius 2 is 2.25 bits per heavy atom. The Morgan fingerprint density at radius 3 is 2.80 bits per heavy atom. The minimum absolute atomic E-state index is 0.127. The molecule has 0 saturated carbocycles. The van der Waals surface area contributed by atoms with Crippen LogP contribution >= 0.6 is 11.5 Å². The number of aryl methyl sites for hydroxylation is 1. The summed E-state index contributed by atoms with van der Waals surface area (Å²) in [6.45, 7) is 7.95. The maximum Gasteiger partial charge on any atom is 0.265 e. The van der Waals surface area contributed by atoms with Crippen molar-refractivity contribution in [2.75, 3.05) is 0 Å². The lowest BCUT2D eigenvalue weighted by Gasteiger charge is -2.14. The first-order valence-electron chi connectivity index (χ1n) is 6.67. The number of nitrogens with one attached hydrogen (secondary N) is 2. The first-order valence-corrected chi connectivity index (χ1v) is 7.44. The Balaban J connectivity index is 2.15. The maximum atomic E-state index is 12.4. The second kappa shape index (κ2) is 6.13. The van der Waals surface area contributed by atoms with E-state index in [0.717, 1.165) is 35.2 Å². The summed E-state index contributed by atoms with van der Waals surface area (Å²) in [6, 6.07) is -0.127. The highest BCUT2D eigenvalue weighted by Crippen LogP contribution is 2.21. The zero-order valence-corrected chi connectivity index (χ0v) is 12.9. The molecular weight excluding hydrogens is 274 g/mol. The molecule has 6 nitrogen and oxygen atoms in total. The average Bonchev–Trinajstić information content (AvgIpc) is 3.04. The van der Waals surface area contributed by atoms with Crippen LogP contribution < -0.4 is 5.32 Å². The number of imidazole rings is 1. The molecule has 108 valence electrons. The van der Waals surface area contributed by atoms with Crippen LogP contribution in [0.25, 0.3) is 0 Å². The van der Waals surface area contributed by atoms with Gasteiger partial charge in [0, 0.05) is 11.9 Å². The molecule has 0 unspecified atom stereocenters. The van der Waals surface area contributed by atoms with Crippen LogP contribution in [-0.4, -0.2) is 25.5 Å². The molecule has 0 aliphatic carbocycles. The minimum atomic E-state index is -0.135. The van der Waals surface area contributed by atoms with E-state index in [1.165, 1.54) is 0 Å². The number of hydrogen-bond donors (Lipinski definition) is 2. The normalized spacial score (nSPS) is 12.7. The second-order valence-corrected chi connectivity index (χ2v) is 5.78. The predicted octanol–water partition coefficient (Wildman–Crippen LogP) is 2.57. The fraction of sp³-hybridized carbons (Fsp3) is 0.538. The highest BCUT2D eigenvalue weighted by Gasteiger charge is 2.22. The number of carbonyl (C=O) groups is 1. The molecule has 2 N–H and O–H groups in total. The van der Waals surface area contributed by atoms with Crippen LogP contribution in [0.1, 0.15) is 66.0 Å². The lowest BCUT2D eigenvalue weighted by Crippen LogP contribution is -2.29. The Kier molecular flexibility index (Phi) is 4.49. The molecule has 1 amide bonds. The van der Waals surface area contributed by atoms with Crippen molar-refractivity contribution >= 4 is 17.4 Å². The van der Waals surface area contributed by atoms with E-state index < -0.39 is 0 Å². The summed E-state index contributed by atoms with van der Waals surface area (Å²) in [6.07, 6.45) is 2.53. The van der Waals surface area contributed by atoms with E-state index in [0.29, 0.717) is 4.88 Å². The molecule has 2 rings (SSSR count). The van der Waals surface area contributed by atoms with E-state index >= 15 is 0 Å². The maximum absolute atomic E-state index is 12.4. The third-order valence-corrected chi connectivity index (χ3v) is 3.77. The zero-order valence-electron chi connectivity index (χ0n) is 12.1. The molecule has 0 bridgehead atoms. The van der Waals surface area contributed by atoms with Crippen molar-refractivity contribution in [1.29, 1.82) is 0 Å². The summed E-state index contributed by atoms with van der Waals surface area (Å²) in [5, 5.41) is 7.02. The van der Waals surface area contributed by atoms with Gasteiger partial charge in [-0.2, -0.15) is 0 Å². The molecular formula is C13H19N5OS. The molecule has 0 aliphatic rings. The number of rotatable bonds is 5. The summed E-state index contributed by atoms with van der Waals surface area (Å²) >= 11 is 1.14. The van der Waals surface area contributed by atoms with Crippen molar-refractivity contribution in [1.82, 2.24) is 24.9 Å². The van der Waals surface area contributed by atoms with Crippen molar-refractivity contribution in [2.24, 2.45) is 0 Å². The number of nitrogens with zero attached hydrogens (tertiary/aromatic N) is 3. The monoisotopic (exact) mass is 293 g/mol. The lowest BCUT2D eigenvalue weighted by molar-refractivity contribution is 0.0936. The van der Waals surface area contributed by atoms with Gasteiger partial charge in [-0.25, -0.2) is 4.98 Å². The third kappa shape index (κ3) is 3.04. The van der Waals surface area contributed by atoms with E-state index in [4.69, 9.17) is 0 Å². The number of H-pyrrole nitrogens is 1. The van der Waals surface area contributed by atoms with Crippen molar-refractivity contribution in [3.63, 3.8) is 0 Å². The Bertz CT molecular complexity index is 589. The van der Waals surface area contributed by atoms with E-state index in [1.807, 2.05) is 27.7 Å². The number of aromatic nitrogens is 4. The Morgan fingerprint density at radius 1 is 1.50 bits per heavy atom. The molecule has 2 heterocycles. The predicted molar refractivity (Wildman–Crippen MR) is 77.8 cm³/mol. The van der Waals surface area contributed by atoms with Gasteiger partial charge in [0.15, 0.2) is 0 Å². The van der Waals surface area contributed by atoms with Gasteiger partial charge in [-0.3, -0.25) is 4.79 Å². The van der Waals surface area contributed by atoms with Crippen LogP contribution in [0.3, 0.4) is 0 Å². The molecule has 2 aromatic rings. The van der Waals surface area contributed by atoms with Crippen LogP contribution in [0, 0.1) is 6.92 Å². The first kappa shape index (κ1) is 14.6. The first-order chi connectivity index (χ1) is 9.52. The average molecular weight is 293 g/mol. The largest absolute Gasteiger partial charge is 0.344 e. The fourth-order valence-corrected chi connectivity index (χ4v) is 2.65. The van der Waals surface area contributed by atoms with Gasteiger partial charge in [0.05, 0.1) is 11.7 Å². The third-order valence-electron chi connectivity index (χ3n) is 3.03. The van der Waals surface area contributed by atoms with Gasteiger partial charge in [0.25, 0.3) is 5.91 Å². The standard InChI is InChI=1S/C13H19N5OS/c1-5-9(12-14-6-8(4)15-12)16-13(19)11-10(7(2)3)17-18-20-11/h6-7,9H,5H2,1-4H3,(H,14,15)(H,16,19)/t9-/m0/s1. The van der Waals surface area contributed by atoms with Gasteiger partial charge in [0.2, 0.25) is 0 Å². The number of carbonyl (C=O) groups excluding carboxylic acids is 1. The molecule has 0 radical (unpaired) electrons. The van der Waals surface area contributed by atoms with Crippen LogP contribution in [0.15, 0.2) is 6.20 Å². The summed E-state index contributed by atoms with van der Waals surface area (Å²) in [7, 11) is 0. The van der Waals surface area contributed by atoms with Gasteiger partial charge in [-0.1, -0.05) is 25.3 Å². The number of aromatic amines is 1. The molecule has 20 heavy (non-hydrogen) atoms. The second-order valence-electron chi connectivity index (χ2n) is 5.03. The van der Waals surface area contributed by atoms with Crippen molar-refractivity contribution < 1.29 is 4.79 Å². The van der Waals surface area contributed by atoms with E-state index in [2.05, 4.69) is 24.9 Å². The Hall–Kier alpha value is -1.76. The van der Waals surface area contributed by atoms with E-state index in [9.17, 15) is 4.79 Å². The molecule has 1 atom stereocenters. The van der Waals surface area contributed by atoms with Gasteiger partial charge in [-0.05, 0) is 30.8 Å². The molecule has 0 saturated heterocycles. The van der Waals surface area contributed by atoms with Crippen LogP contribution in [0.5, 0.6) is 0 Å². The highest BCUT2D eigenvalue weighted by atomic mass is 32.1. The summed E-state index contributed by atoms with van der Waals surface area (Å²) < 4.78 is 3.88. The smallest absolute Gasteiger partial charge is 0.265 e. The molecule has 0 aliphatic heterocycles. The van der Waals surface area contributed by atoms with Crippen LogP contribution in [-0.2, 0) is 0 Å². The summed E-state index contributed by atoms with van der Waals surface area (Å²) in [5.41, 5.74) is 1.73. The van der Waals surface area contributed by atoms with Gasteiger partial charge >= 0.3 is 0 Å². The highest BCUT2D eigenvalue weighted by molar-refractivity contribution is 7.08. The fourth-order valence-electron chi connectivity index (χ4n) is 1.93. The van der Waals surface area contributed by atoms with Crippen molar-refractivity contribution in [2.45, 2.75) is 46.1 Å². The number of hydrogen-bond acceptors (Lipinski definition) is 5. The quantitative estimate of drug-likeness (QED) is 0.887. The van der Waals surface area contributed by atoms with E-state index in [-0.39, 0.29) is 17.9 Å². The lowest BCUT2D eigenvalue weighted by atomic mass is 10.1. The molecule has 0 fully saturated rings. The van der Waals surface area contributed by atoms with Gasteiger partial charge in [-0.15, -0.1) is 5.10 Å². The van der Waals surface area contributed by atoms with Crippen molar-refractivity contribution in [3.8, 4) is 0 Å². The minimum Gasteiger partial charge on any atom is -0.344 e. The van der Waals surface area contributed by atoms with E-state index in [1.54, 1.807) is 6.20 Å². The van der Waals surface area contributed by atoms with Crippen LogP contribution in [0.4, 0.5) is 0 Å². The SMILES string of the molecule is CC[C@H](NC(=O)c1snnc1C(C)C)c1ncc(C)[nH]1. The summed E-state index contributed by atoms with van der Waals surface area (Å²) in [5.74, 6) is 0.826. The topological polar surface area (TPSA) is 83.6 Å². The van der Waals surface area contributed by atoms with Crippen LogP contribution in [0.2, 0.25) is 0 Å². The molecule has 2 aromatic heterocycles. The summed E-state index contributed by atoms with van der Waals surface area (Å²) in [4.78, 5) is 20.4.